The fourth-order valence-electron chi connectivity index (χ4n) is 3.65. The Labute approximate surface area is 177 Å². The zero-order chi connectivity index (χ0) is 22.0. The average Bonchev–Trinajstić information content (AvgIpc) is 3.36. The summed E-state index contributed by atoms with van der Waals surface area (Å²) in [5.41, 5.74) is 0.783. The van der Waals surface area contributed by atoms with Gasteiger partial charge in [-0.25, -0.2) is 12.4 Å². The van der Waals surface area contributed by atoms with E-state index in [0.29, 0.717) is 16.6 Å². The van der Waals surface area contributed by atoms with Crippen LogP contribution in [0.4, 0.5) is 8.78 Å². The minimum atomic E-state index is -3.92. The molecule has 164 valence electrons. The maximum atomic E-state index is 13.3. The average molecular weight is 450 g/mol. The number of nitrogens with zero attached hydrogens (tertiary/aromatic N) is 2. The summed E-state index contributed by atoms with van der Waals surface area (Å²) >= 11 is 0. The van der Waals surface area contributed by atoms with E-state index in [1.165, 1.54) is 22.3 Å². The van der Waals surface area contributed by atoms with Gasteiger partial charge in [0.1, 0.15) is 0 Å². The quantitative estimate of drug-likeness (QED) is 0.570. The molecule has 2 aromatic heterocycles. The number of hydrogen-bond acceptors (Lipinski definition) is 6. The van der Waals surface area contributed by atoms with E-state index in [4.69, 9.17) is 0 Å². The number of rotatable bonds is 7. The maximum Gasteiger partial charge on any atom is 0.345 e. The molecule has 0 spiro atoms. The highest BCUT2D eigenvalue weighted by Crippen LogP contribution is 2.25. The van der Waals surface area contributed by atoms with Crippen LogP contribution in [-0.2, 0) is 26.1 Å². The molecule has 3 heterocycles. The van der Waals surface area contributed by atoms with Crippen LogP contribution in [-0.4, -0.2) is 48.6 Å². The zero-order valence-electron chi connectivity index (χ0n) is 16.2. The van der Waals surface area contributed by atoms with Crippen molar-refractivity contribution in [3.63, 3.8) is 0 Å². The van der Waals surface area contributed by atoms with Crippen molar-refractivity contribution in [1.29, 1.82) is 0 Å². The van der Waals surface area contributed by atoms with Gasteiger partial charge in [-0.15, -0.1) is 0 Å². The highest BCUT2D eigenvalue weighted by molar-refractivity contribution is 7.90. The smallest absolute Gasteiger partial charge is 0.345 e. The van der Waals surface area contributed by atoms with Gasteiger partial charge in [0.2, 0.25) is 5.91 Å². The third-order valence-electron chi connectivity index (χ3n) is 5.06. The van der Waals surface area contributed by atoms with Crippen molar-refractivity contribution in [1.82, 2.24) is 19.6 Å². The lowest BCUT2D eigenvalue weighted by Gasteiger charge is -2.14. The SMILES string of the molecule is O=C(NCc1cc2cnccc2n1S(=O)(=O)c1ccccc1)[C@@H]1C[C@@H](OC(F)F)CN1. The van der Waals surface area contributed by atoms with Crippen molar-refractivity contribution in [3.8, 4) is 0 Å². The fourth-order valence-corrected chi connectivity index (χ4v) is 5.21. The Balaban J connectivity index is 1.58. The van der Waals surface area contributed by atoms with Gasteiger partial charge in [0, 0.05) is 24.3 Å². The third-order valence-corrected chi connectivity index (χ3v) is 6.84. The number of ether oxygens (including phenoxy) is 1. The van der Waals surface area contributed by atoms with Crippen molar-refractivity contribution >= 4 is 26.8 Å². The van der Waals surface area contributed by atoms with E-state index in [-0.39, 0.29) is 24.4 Å². The fraction of sp³-hybridized carbons (Fsp3) is 0.300. The number of carbonyl (C=O) groups excluding carboxylic acids is 1. The molecule has 1 aliphatic heterocycles. The summed E-state index contributed by atoms with van der Waals surface area (Å²) in [6, 6.07) is 10.5. The van der Waals surface area contributed by atoms with E-state index in [1.807, 2.05) is 0 Å². The van der Waals surface area contributed by atoms with Crippen molar-refractivity contribution in [2.75, 3.05) is 6.54 Å². The molecule has 0 bridgehead atoms. The molecule has 0 unspecified atom stereocenters. The first-order valence-electron chi connectivity index (χ1n) is 9.56. The molecule has 31 heavy (non-hydrogen) atoms. The standard InChI is InChI=1S/C20H20F2N4O4S/c21-20(22)30-15-9-17(24-12-15)19(27)25-11-14-8-13-10-23-7-6-18(13)26(14)31(28,29)16-4-2-1-3-5-16/h1-8,10,15,17,20,24H,9,11-12H2,(H,25,27)/t15-,17+/m1/s1. The van der Waals surface area contributed by atoms with Crippen LogP contribution in [0.5, 0.6) is 0 Å². The zero-order valence-corrected chi connectivity index (χ0v) is 17.1. The molecule has 0 saturated carbocycles. The minimum Gasteiger partial charge on any atom is -0.349 e. The van der Waals surface area contributed by atoms with Crippen LogP contribution in [0.1, 0.15) is 12.1 Å². The molecule has 11 heteroatoms. The number of pyridine rings is 1. The second-order valence-electron chi connectivity index (χ2n) is 7.09. The van der Waals surface area contributed by atoms with Crippen LogP contribution in [0.25, 0.3) is 10.9 Å². The topological polar surface area (TPSA) is 102 Å². The molecule has 1 amide bonds. The summed E-state index contributed by atoms with van der Waals surface area (Å²) in [5, 5.41) is 6.14. The molecule has 1 aromatic carbocycles. The first-order chi connectivity index (χ1) is 14.9. The van der Waals surface area contributed by atoms with Crippen LogP contribution in [0, 0.1) is 0 Å². The second-order valence-corrected chi connectivity index (χ2v) is 8.87. The molecule has 2 N–H and O–H groups in total. The Morgan fingerprint density at radius 1 is 1.29 bits per heavy atom. The van der Waals surface area contributed by atoms with Crippen LogP contribution in [0.15, 0.2) is 59.8 Å². The lowest BCUT2D eigenvalue weighted by molar-refractivity contribution is -0.157. The molecule has 8 nitrogen and oxygen atoms in total. The van der Waals surface area contributed by atoms with Crippen LogP contribution in [0.2, 0.25) is 0 Å². The molecular formula is C20H20F2N4O4S. The minimum absolute atomic E-state index is 0.0713. The lowest BCUT2D eigenvalue weighted by Crippen LogP contribution is -2.40. The molecule has 1 aliphatic rings. The van der Waals surface area contributed by atoms with E-state index in [0.717, 1.165) is 0 Å². The maximum absolute atomic E-state index is 13.3. The second kappa shape index (κ2) is 8.69. The molecular weight excluding hydrogens is 430 g/mol. The number of halogens is 2. The van der Waals surface area contributed by atoms with Crippen LogP contribution < -0.4 is 10.6 Å². The Kier molecular flexibility index (Phi) is 5.99. The Bertz CT molecular complexity index is 1180. The molecule has 0 radical (unpaired) electrons. The van der Waals surface area contributed by atoms with Gasteiger partial charge < -0.3 is 15.4 Å². The largest absolute Gasteiger partial charge is 0.349 e. The van der Waals surface area contributed by atoms with E-state index >= 15 is 0 Å². The summed E-state index contributed by atoms with van der Waals surface area (Å²) in [6.45, 7) is -2.84. The molecule has 0 aliphatic carbocycles. The van der Waals surface area contributed by atoms with Crippen molar-refractivity contribution in [2.24, 2.45) is 0 Å². The van der Waals surface area contributed by atoms with Gasteiger partial charge in [0.25, 0.3) is 10.0 Å². The van der Waals surface area contributed by atoms with Crippen molar-refractivity contribution < 1.29 is 26.7 Å². The van der Waals surface area contributed by atoms with Crippen LogP contribution in [0.3, 0.4) is 0 Å². The first-order valence-corrected chi connectivity index (χ1v) is 11.0. The summed E-state index contributed by atoms with van der Waals surface area (Å²) in [7, 11) is -3.92. The predicted octanol–water partition coefficient (Wildman–Crippen LogP) is 1.86. The monoisotopic (exact) mass is 450 g/mol. The Morgan fingerprint density at radius 2 is 2.06 bits per heavy atom. The summed E-state index contributed by atoms with van der Waals surface area (Å²) < 4.78 is 57.0. The number of aromatic nitrogens is 2. The molecule has 1 saturated heterocycles. The Hall–Kier alpha value is -2.89. The highest BCUT2D eigenvalue weighted by atomic mass is 32.2. The number of fused-ring (bicyclic) bond motifs is 1. The van der Waals surface area contributed by atoms with Gasteiger partial charge in [-0.2, -0.15) is 8.78 Å². The normalized spacial score (nSPS) is 19.2. The Morgan fingerprint density at radius 3 is 2.81 bits per heavy atom. The number of amides is 1. The predicted molar refractivity (Wildman–Crippen MR) is 108 cm³/mol. The van der Waals surface area contributed by atoms with Crippen molar-refractivity contribution in [2.45, 2.75) is 36.6 Å². The van der Waals surface area contributed by atoms with E-state index in [1.54, 1.807) is 36.5 Å². The first kappa shape index (κ1) is 21.3. The summed E-state index contributed by atoms with van der Waals surface area (Å²) in [5.74, 6) is -0.424. The number of nitrogens with one attached hydrogen (secondary N) is 2. The number of alkyl halides is 2. The van der Waals surface area contributed by atoms with Gasteiger partial charge in [-0.1, -0.05) is 18.2 Å². The molecule has 3 aromatic rings. The van der Waals surface area contributed by atoms with Gasteiger partial charge in [-0.05, 0) is 30.7 Å². The van der Waals surface area contributed by atoms with E-state index in [9.17, 15) is 22.0 Å². The van der Waals surface area contributed by atoms with E-state index < -0.39 is 34.7 Å². The van der Waals surface area contributed by atoms with Gasteiger partial charge in [0.05, 0.1) is 34.8 Å². The van der Waals surface area contributed by atoms with E-state index in [2.05, 4.69) is 20.4 Å². The summed E-state index contributed by atoms with van der Waals surface area (Å²) in [4.78, 5) is 16.7. The highest BCUT2D eigenvalue weighted by Gasteiger charge is 2.32. The molecule has 4 rings (SSSR count). The number of hydrogen-bond donors (Lipinski definition) is 2. The van der Waals surface area contributed by atoms with Crippen LogP contribution >= 0.6 is 0 Å². The lowest BCUT2D eigenvalue weighted by atomic mass is 10.2. The van der Waals surface area contributed by atoms with Gasteiger partial charge >= 0.3 is 6.61 Å². The third kappa shape index (κ3) is 4.43. The summed E-state index contributed by atoms with van der Waals surface area (Å²) in [6.07, 6.45) is 2.38. The molecule has 1 fully saturated rings. The van der Waals surface area contributed by atoms with Gasteiger partial charge in [0.15, 0.2) is 0 Å². The number of benzene rings is 1. The van der Waals surface area contributed by atoms with Gasteiger partial charge in [-0.3, -0.25) is 9.78 Å². The molecule has 2 atom stereocenters. The van der Waals surface area contributed by atoms with Crippen molar-refractivity contribution in [3.05, 3.63) is 60.6 Å². The number of carbonyl (C=O) groups is 1.